The van der Waals surface area contributed by atoms with Crippen LogP contribution in [0.3, 0.4) is 0 Å². The van der Waals surface area contributed by atoms with Crippen molar-refractivity contribution in [2.45, 2.75) is 180 Å². The van der Waals surface area contributed by atoms with E-state index < -0.39 is 58.4 Å². The average molecular weight is 719 g/mol. The van der Waals surface area contributed by atoms with Gasteiger partial charge in [-0.15, -0.1) is 0 Å². The number of aliphatic hydroxyl groups excluding tert-OH is 2. The Morgan fingerprint density at radius 3 is 1.35 bits per heavy atom. The van der Waals surface area contributed by atoms with Crippen LogP contribution in [0.4, 0.5) is 0 Å². The van der Waals surface area contributed by atoms with Gasteiger partial charge in [-0.05, 0) is 38.5 Å². The molecule has 0 saturated heterocycles. The minimum atomic E-state index is -4.63. The van der Waals surface area contributed by atoms with Crippen molar-refractivity contribution in [3.63, 3.8) is 0 Å². The van der Waals surface area contributed by atoms with Crippen LogP contribution >= 0.6 is 7.82 Å². The fourth-order valence-electron chi connectivity index (χ4n) is 5.15. The lowest BCUT2D eigenvalue weighted by Crippen LogP contribution is -2.28. The molecule has 288 valence electrons. The number of ether oxygens (including phenoxy) is 2. The maximum atomic E-state index is 12.3. The van der Waals surface area contributed by atoms with Crippen molar-refractivity contribution in [1.82, 2.24) is 0 Å². The zero-order chi connectivity index (χ0) is 36.3. The first-order valence-electron chi connectivity index (χ1n) is 19.3. The van der Waals surface area contributed by atoms with Gasteiger partial charge in [0.2, 0.25) is 0 Å². The molecular formula is C38H71O10P. The molecule has 0 fully saturated rings. The van der Waals surface area contributed by atoms with E-state index in [1.807, 2.05) is 0 Å². The van der Waals surface area contributed by atoms with E-state index in [2.05, 4.69) is 38.2 Å². The number of carbonyl (C=O) groups is 2. The van der Waals surface area contributed by atoms with Gasteiger partial charge in [-0.2, -0.15) is 0 Å². The number of esters is 2. The third kappa shape index (κ3) is 33.4. The second-order valence-electron chi connectivity index (χ2n) is 12.9. The SMILES string of the molecule is CCC/C=C\C/C=C\CCCCCCCC(=O)OC(CO)COP(=O)(O)OCC(CO)OC(=O)CCCCCCCCCCCCCCC. The molecule has 3 N–H and O–H groups in total. The van der Waals surface area contributed by atoms with Crippen molar-refractivity contribution in [2.24, 2.45) is 0 Å². The maximum Gasteiger partial charge on any atom is 0.472 e. The Hall–Kier alpha value is -1.55. The maximum absolute atomic E-state index is 12.3. The third-order valence-corrected chi connectivity index (χ3v) is 9.10. The van der Waals surface area contributed by atoms with Gasteiger partial charge in [0.15, 0.2) is 0 Å². The van der Waals surface area contributed by atoms with Crippen molar-refractivity contribution in [2.75, 3.05) is 26.4 Å². The number of unbranched alkanes of at least 4 members (excludes halogenated alkanes) is 18. The summed E-state index contributed by atoms with van der Waals surface area (Å²) in [5, 5.41) is 19.1. The molecule has 0 aliphatic heterocycles. The van der Waals surface area contributed by atoms with Crippen LogP contribution in [0, 0.1) is 0 Å². The quantitative estimate of drug-likeness (QED) is 0.0248. The molecule has 11 heteroatoms. The predicted molar refractivity (Wildman–Crippen MR) is 196 cm³/mol. The summed E-state index contributed by atoms with van der Waals surface area (Å²) in [5.41, 5.74) is 0. The van der Waals surface area contributed by atoms with Crippen molar-refractivity contribution < 1.29 is 47.8 Å². The van der Waals surface area contributed by atoms with Gasteiger partial charge >= 0.3 is 19.8 Å². The smallest absolute Gasteiger partial charge is 0.457 e. The zero-order valence-electron chi connectivity index (χ0n) is 30.9. The van der Waals surface area contributed by atoms with E-state index >= 15 is 0 Å². The summed E-state index contributed by atoms with van der Waals surface area (Å²) in [6.45, 7) is 2.11. The number of hydrogen-bond donors (Lipinski definition) is 3. The van der Waals surface area contributed by atoms with Gasteiger partial charge in [0.1, 0.15) is 12.2 Å². The van der Waals surface area contributed by atoms with Gasteiger partial charge in [-0.1, -0.05) is 141 Å². The Kier molecular flexibility index (Phi) is 33.8. The molecule has 10 nitrogen and oxygen atoms in total. The minimum Gasteiger partial charge on any atom is -0.457 e. The van der Waals surface area contributed by atoms with Crippen LogP contribution in [0.2, 0.25) is 0 Å². The van der Waals surface area contributed by atoms with E-state index in [0.29, 0.717) is 12.8 Å². The first-order valence-corrected chi connectivity index (χ1v) is 20.8. The summed E-state index contributed by atoms with van der Waals surface area (Å²) in [6, 6.07) is 0. The van der Waals surface area contributed by atoms with Crippen LogP contribution in [0.15, 0.2) is 24.3 Å². The fourth-order valence-corrected chi connectivity index (χ4v) is 5.94. The molecule has 0 aliphatic rings. The second kappa shape index (κ2) is 34.9. The van der Waals surface area contributed by atoms with Gasteiger partial charge in [0.05, 0.1) is 26.4 Å². The highest BCUT2D eigenvalue weighted by Crippen LogP contribution is 2.43. The number of aliphatic hydroxyl groups is 2. The number of rotatable bonds is 36. The summed E-state index contributed by atoms with van der Waals surface area (Å²) in [6.07, 6.45) is 31.5. The normalized spacial score (nSPS) is 14.3. The summed E-state index contributed by atoms with van der Waals surface area (Å²) < 4.78 is 32.4. The summed E-state index contributed by atoms with van der Waals surface area (Å²) in [5.74, 6) is -1.03. The van der Waals surface area contributed by atoms with E-state index in [1.165, 1.54) is 64.2 Å². The summed E-state index contributed by atoms with van der Waals surface area (Å²) in [4.78, 5) is 34.3. The number of hydrogen-bond acceptors (Lipinski definition) is 9. The molecule has 0 aromatic heterocycles. The molecule has 3 unspecified atom stereocenters. The summed E-state index contributed by atoms with van der Waals surface area (Å²) >= 11 is 0. The van der Waals surface area contributed by atoms with Gasteiger partial charge in [-0.3, -0.25) is 18.6 Å². The minimum absolute atomic E-state index is 0.177. The van der Waals surface area contributed by atoms with Gasteiger partial charge in [-0.25, -0.2) is 4.57 Å². The van der Waals surface area contributed by atoms with Crippen LogP contribution < -0.4 is 0 Å². The molecule has 0 rings (SSSR count). The second-order valence-corrected chi connectivity index (χ2v) is 14.4. The molecule has 0 saturated carbocycles. The van der Waals surface area contributed by atoms with Crippen LogP contribution in [-0.2, 0) is 32.7 Å². The molecule has 0 bridgehead atoms. The number of carbonyl (C=O) groups excluding carboxylic acids is 2. The largest absolute Gasteiger partial charge is 0.472 e. The molecule has 0 aromatic rings. The van der Waals surface area contributed by atoms with Crippen molar-refractivity contribution >= 4 is 19.8 Å². The van der Waals surface area contributed by atoms with Crippen molar-refractivity contribution in [3.05, 3.63) is 24.3 Å². The van der Waals surface area contributed by atoms with Gasteiger partial charge in [0, 0.05) is 12.8 Å². The lowest BCUT2D eigenvalue weighted by Gasteiger charge is -2.20. The topological polar surface area (TPSA) is 149 Å². The highest BCUT2D eigenvalue weighted by molar-refractivity contribution is 7.47. The van der Waals surface area contributed by atoms with Crippen LogP contribution in [0.25, 0.3) is 0 Å². The number of phosphoric ester groups is 1. The Balaban J connectivity index is 3.99. The molecule has 0 aromatic carbocycles. The van der Waals surface area contributed by atoms with Crippen LogP contribution in [0.1, 0.15) is 168 Å². The molecule has 0 spiro atoms. The van der Waals surface area contributed by atoms with Crippen LogP contribution in [0.5, 0.6) is 0 Å². The van der Waals surface area contributed by atoms with E-state index in [0.717, 1.165) is 64.2 Å². The number of allylic oxidation sites excluding steroid dienone is 4. The van der Waals surface area contributed by atoms with Crippen molar-refractivity contribution in [3.8, 4) is 0 Å². The Bertz CT molecular complexity index is 879. The molecule has 0 amide bonds. The third-order valence-electron chi connectivity index (χ3n) is 8.15. The monoisotopic (exact) mass is 718 g/mol. The fraction of sp³-hybridized carbons (Fsp3) is 0.842. The van der Waals surface area contributed by atoms with E-state index in [4.69, 9.17) is 18.5 Å². The first kappa shape index (κ1) is 47.4. The zero-order valence-corrected chi connectivity index (χ0v) is 31.8. The Labute approximate surface area is 298 Å². The molecule has 0 radical (unpaired) electrons. The lowest BCUT2D eigenvalue weighted by atomic mass is 10.0. The average Bonchev–Trinajstić information content (AvgIpc) is 3.09. The van der Waals surface area contributed by atoms with Crippen LogP contribution in [-0.4, -0.2) is 65.7 Å². The van der Waals surface area contributed by atoms with E-state index in [-0.39, 0.29) is 12.8 Å². The standard InChI is InChI=1S/C38H71O10P/c1-3-5-7-9-11-13-15-17-19-21-23-25-27-29-37(41)47-35(31-39)33-45-49(43,44)46-34-36(32-40)48-38(42)30-28-26-24-22-20-18-16-14-12-10-8-6-4-2/h7,9,13,15,35-36,39-40H,3-6,8,10-12,14,16-34H2,1-2H3,(H,43,44)/b9-7-,15-13-. The van der Waals surface area contributed by atoms with Crippen molar-refractivity contribution in [1.29, 1.82) is 0 Å². The molecule has 0 heterocycles. The highest BCUT2D eigenvalue weighted by Gasteiger charge is 2.27. The molecular weight excluding hydrogens is 647 g/mol. The van der Waals surface area contributed by atoms with Gasteiger partial charge in [0.25, 0.3) is 0 Å². The van der Waals surface area contributed by atoms with Gasteiger partial charge < -0.3 is 24.6 Å². The first-order chi connectivity index (χ1) is 23.8. The Morgan fingerprint density at radius 2 is 0.939 bits per heavy atom. The number of phosphoric acid groups is 1. The molecule has 3 atom stereocenters. The highest BCUT2D eigenvalue weighted by atomic mass is 31.2. The summed E-state index contributed by atoms with van der Waals surface area (Å²) in [7, 11) is -4.63. The Morgan fingerprint density at radius 1 is 0.551 bits per heavy atom. The van der Waals surface area contributed by atoms with E-state index in [1.54, 1.807) is 0 Å². The predicted octanol–water partition coefficient (Wildman–Crippen LogP) is 9.44. The lowest BCUT2D eigenvalue weighted by molar-refractivity contribution is -0.153. The molecule has 0 aliphatic carbocycles. The van der Waals surface area contributed by atoms with E-state index in [9.17, 15) is 29.3 Å². The molecule has 49 heavy (non-hydrogen) atoms.